The molecule has 0 bridgehead atoms. The summed E-state index contributed by atoms with van der Waals surface area (Å²) in [6, 6.07) is -0.354. The van der Waals surface area contributed by atoms with Gasteiger partial charge in [-0.3, -0.25) is 14.9 Å². The van der Waals surface area contributed by atoms with Gasteiger partial charge in [-0.1, -0.05) is 6.42 Å². The zero-order valence-electron chi connectivity index (χ0n) is 7.95. The smallest absolute Gasteiger partial charge is 0.255 e. The van der Waals surface area contributed by atoms with Crippen LogP contribution in [-0.2, 0) is 9.59 Å². The number of nitrogens with one attached hydrogen (secondary N) is 1. The molecule has 1 atom stereocenters. The van der Waals surface area contributed by atoms with Gasteiger partial charge in [0.2, 0.25) is 0 Å². The standard InChI is InChI=1S/C9H15N3O2/c10-4-2-1-3-7(11)6-5-8(13)12-9(6)14/h5,7H,1-4,10-11H2,(H,12,13,14). The van der Waals surface area contributed by atoms with E-state index in [1.807, 2.05) is 0 Å². The van der Waals surface area contributed by atoms with Gasteiger partial charge in [-0.15, -0.1) is 0 Å². The second-order valence-electron chi connectivity index (χ2n) is 3.31. The Kier molecular flexibility index (Phi) is 3.79. The van der Waals surface area contributed by atoms with E-state index >= 15 is 0 Å². The third kappa shape index (κ3) is 2.65. The second-order valence-corrected chi connectivity index (χ2v) is 3.31. The molecule has 2 amide bonds. The largest absolute Gasteiger partial charge is 0.330 e. The molecule has 5 N–H and O–H groups in total. The van der Waals surface area contributed by atoms with Gasteiger partial charge < -0.3 is 11.5 Å². The zero-order valence-corrected chi connectivity index (χ0v) is 7.95. The maximum absolute atomic E-state index is 11.2. The van der Waals surface area contributed by atoms with Crippen LogP contribution in [0, 0.1) is 0 Å². The molecule has 1 aliphatic rings. The minimum Gasteiger partial charge on any atom is -0.330 e. The van der Waals surface area contributed by atoms with Crippen LogP contribution in [0.25, 0.3) is 0 Å². The highest BCUT2D eigenvalue weighted by Gasteiger charge is 2.25. The van der Waals surface area contributed by atoms with Gasteiger partial charge in [-0.2, -0.15) is 0 Å². The third-order valence-electron chi connectivity index (χ3n) is 2.15. The molecular weight excluding hydrogens is 182 g/mol. The molecule has 1 rings (SSSR count). The van der Waals surface area contributed by atoms with Gasteiger partial charge in [0.25, 0.3) is 11.8 Å². The molecule has 14 heavy (non-hydrogen) atoms. The fraction of sp³-hybridized carbons (Fsp3) is 0.556. The molecule has 78 valence electrons. The Labute approximate surface area is 82.5 Å². The Balaban J connectivity index is 2.44. The normalized spacial score (nSPS) is 18.0. The molecule has 1 aliphatic heterocycles. The van der Waals surface area contributed by atoms with Crippen LogP contribution in [0.1, 0.15) is 19.3 Å². The molecule has 0 aromatic heterocycles. The van der Waals surface area contributed by atoms with Crippen LogP contribution < -0.4 is 16.8 Å². The predicted octanol–water partition coefficient (Wildman–Crippen LogP) is -0.974. The van der Waals surface area contributed by atoms with E-state index in [1.54, 1.807) is 0 Å². The summed E-state index contributed by atoms with van der Waals surface area (Å²) in [5, 5.41) is 2.16. The van der Waals surface area contributed by atoms with Crippen molar-refractivity contribution in [1.82, 2.24) is 5.32 Å². The Bertz CT molecular complexity index is 273. The molecular formula is C9H15N3O2. The quantitative estimate of drug-likeness (QED) is 0.390. The highest BCUT2D eigenvalue weighted by molar-refractivity contribution is 6.16. The van der Waals surface area contributed by atoms with Crippen molar-refractivity contribution in [1.29, 1.82) is 0 Å². The fourth-order valence-electron chi connectivity index (χ4n) is 1.37. The lowest BCUT2D eigenvalue weighted by atomic mass is 10.0. The molecule has 0 spiro atoms. The van der Waals surface area contributed by atoms with Crippen LogP contribution in [0.5, 0.6) is 0 Å². The number of imide groups is 1. The van der Waals surface area contributed by atoms with Crippen molar-refractivity contribution >= 4 is 11.8 Å². The lowest BCUT2D eigenvalue weighted by Crippen LogP contribution is -2.30. The van der Waals surface area contributed by atoms with Crippen molar-refractivity contribution < 1.29 is 9.59 Å². The molecule has 0 fully saturated rings. The van der Waals surface area contributed by atoms with E-state index in [9.17, 15) is 9.59 Å². The van der Waals surface area contributed by atoms with Crippen LogP contribution in [0.15, 0.2) is 11.6 Å². The van der Waals surface area contributed by atoms with Gasteiger partial charge in [0, 0.05) is 17.7 Å². The zero-order chi connectivity index (χ0) is 10.6. The van der Waals surface area contributed by atoms with Crippen molar-refractivity contribution in [3.63, 3.8) is 0 Å². The molecule has 1 unspecified atom stereocenters. The van der Waals surface area contributed by atoms with Crippen LogP contribution >= 0.6 is 0 Å². The highest BCUT2D eigenvalue weighted by atomic mass is 16.2. The monoisotopic (exact) mass is 197 g/mol. The van der Waals surface area contributed by atoms with Crippen LogP contribution in [-0.4, -0.2) is 24.4 Å². The first-order valence-corrected chi connectivity index (χ1v) is 4.67. The van der Waals surface area contributed by atoms with Gasteiger partial charge in [0.05, 0.1) is 0 Å². The molecule has 0 aliphatic carbocycles. The van der Waals surface area contributed by atoms with E-state index in [1.165, 1.54) is 6.08 Å². The van der Waals surface area contributed by atoms with Crippen molar-refractivity contribution in [2.24, 2.45) is 11.5 Å². The maximum atomic E-state index is 11.2. The Morgan fingerprint density at radius 1 is 1.36 bits per heavy atom. The molecule has 0 saturated carbocycles. The average Bonchev–Trinajstić information content (AvgIpc) is 2.45. The number of nitrogens with two attached hydrogens (primary N) is 2. The van der Waals surface area contributed by atoms with E-state index in [0.29, 0.717) is 18.5 Å². The minimum absolute atomic E-state index is 0.354. The Morgan fingerprint density at radius 3 is 2.57 bits per heavy atom. The summed E-state index contributed by atoms with van der Waals surface area (Å²) < 4.78 is 0. The van der Waals surface area contributed by atoms with Gasteiger partial charge >= 0.3 is 0 Å². The summed E-state index contributed by atoms with van der Waals surface area (Å²) in [7, 11) is 0. The highest BCUT2D eigenvalue weighted by Crippen LogP contribution is 2.11. The summed E-state index contributed by atoms with van der Waals surface area (Å²) in [6.07, 6.45) is 3.71. The lowest BCUT2D eigenvalue weighted by molar-refractivity contribution is -0.123. The van der Waals surface area contributed by atoms with Gasteiger partial charge in [0.15, 0.2) is 0 Å². The van der Waals surface area contributed by atoms with Gasteiger partial charge in [0.1, 0.15) is 0 Å². The number of unbranched alkanes of at least 4 members (excludes halogenated alkanes) is 1. The van der Waals surface area contributed by atoms with Crippen LogP contribution in [0.4, 0.5) is 0 Å². The van der Waals surface area contributed by atoms with E-state index in [0.717, 1.165) is 12.8 Å². The number of carbonyl (C=O) groups is 2. The molecule has 0 aromatic carbocycles. The molecule has 1 heterocycles. The second kappa shape index (κ2) is 4.88. The fourth-order valence-corrected chi connectivity index (χ4v) is 1.37. The minimum atomic E-state index is -0.376. The molecule has 0 saturated heterocycles. The SMILES string of the molecule is NCCCCC(N)C1=CC(=O)NC1=O. The molecule has 5 nitrogen and oxygen atoms in total. The van der Waals surface area contributed by atoms with Crippen molar-refractivity contribution in [3.05, 3.63) is 11.6 Å². The average molecular weight is 197 g/mol. The van der Waals surface area contributed by atoms with Crippen molar-refractivity contribution in [3.8, 4) is 0 Å². The number of hydrogen-bond acceptors (Lipinski definition) is 4. The predicted molar refractivity (Wildman–Crippen MR) is 52.1 cm³/mol. The third-order valence-corrected chi connectivity index (χ3v) is 2.15. The number of amides is 2. The summed E-state index contributed by atoms with van der Waals surface area (Å²) in [6.45, 7) is 0.622. The van der Waals surface area contributed by atoms with Crippen LogP contribution in [0.2, 0.25) is 0 Å². The first kappa shape index (κ1) is 10.9. The van der Waals surface area contributed by atoms with Crippen molar-refractivity contribution in [2.45, 2.75) is 25.3 Å². The molecule has 0 radical (unpaired) electrons. The number of carbonyl (C=O) groups excluding carboxylic acids is 2. The summed E-state index contributed by atoms with van der Waals surface area (Å²) in [5.74, 6) is -0.741. The molecule has 5 heteroatoms. The van der Waals surface area contributed by atoms with Crippen molar-refractivity contribution in [2.75, 3.05) is 6.54 Å². The summed E-state index contributed by atoms with van der Waals surface area (Å²) in [4.78, 5) is 22.0. The summed E-state index contributed by atoms with van der Waals surface area (Å²) >= 11 is 0. The van der Waals surface area contributed by atoms with Gasteiger partial charge in [-0.05, 0) is 19.4 Å². The van der Waals surface area contributed by atoms with E-state index < -0.39 is 0 Å². The number of hydrogen-bond donors (Lipinski definition) is 3. The summed E-state index contributed by atoms with van der Waals surface area (Å²) in [5.41, 5.74) is 11.5. The van der Waals surface area contributed by atoms with E-state index in [-0.39, 0.29) is 17.9 Å². The topological polar surface area (TPSA) is 98.2 Å². The van der Waals surface area contributed by atoms with Crippen LogP contribution in [0.3, 0.4) is 0 Å². The maximum Gasteiger partial charge on any atom is 0.255 e. The Morgan fingerprint density at radius 2 is 2.07 bits per heavy atom. The van der Waals surface area contributed by atoms with E-state index in [4.69, 9.17) is 11.5 Å². The first-order chi connectivity index (χ1) is 6.65. The number of rotatable bonds is 5. The lowest BCUT2D eigenvalue weighted by Gasteiger charge is -2.10. The first-order valence-electron chi connectivity index (χ1n) is 4.67. The van der Waals surface area contributed by atoms with E-state index in [2.05, 4.69) is 5.32 Å². The Hall–Kier alpha value is -1.20. The van der Waals surface area contributed by atoms with Gasteiger partial charge in [-0.25, -0.2) is 0 Å². The molecule has 0 aromatic rings.